The van der Waals surface area contributed by atoms with Crippen LogP contribution in [0.15, 0.2) is 36.7 Å². The van der Waals surface area contributed by atoms with Crippen molar-refractivity contribution in [2.75, 3.05) is 12.8 Å². The molecule has 3 heterocycles. The number of hydrogen-bond acceptors (Lipinski definition) is 5. The zero-order chi connectivity index (χ0) is 20.9. The summed E-state index contributed by atoms with van der Waals surface area (Å²) in [6.07, 6.45) is 2.83. The van der Waals surface area contributed by atoms with Crippen LogP contribution in [-0.2, 0) is 7.05 Å². The molecule has 4 rings (SSSR count). The molecular weight excluding hydrogens is 371 g/mol. The van der Waals surface area contributed by atoms with Gasteiger partial charge in [-0.3, -0.25) is 14.5 Å². The number of rotatable bonds is 3. The van der Waals surface area contributed by atoms with E-state index in [1.807, 2.05) is 33.0 Å². The summed E-state index contributed by atoms with van der Waals surface area (Å²) in [6.45, 7) is 3.72. The molecule has 0 aliphatic heterocycles. The maximum Gasteiger partial charge on any atom is 0.254 e. The van der Waals surface area contributed by atoms with Crippen molar-refractivity contribution in [2.24, 2.45) is 7.05 Å². The number of amides is 1. The van der Waals surface area contributed by atoms with Crippen LogP contribution in [0.2, 0.25) is 0 Å². The number of carbonyl (C=O) groups excluding carboxylic acids is 1. The molecule has 0 bridgehead atoms. The molecule has 3 aromatic heterocycles. The van der Waals surface area contributed by atoms with Gasteiger partial charge in [0, 0.05) is 25.0 Å². The van der Waals surface area contributed by atoms with Crippen molar-refractivity contribution < 1.29 is 9.18 Å². The number of fused-ring (bicyclic) bond motifs is 3. The van der Waals surface area contributed by atoms with Crippen LogP contribution >= 0.6 is 0 Å². The second kappa shape index (κ2) is 6.80. The molecule has 0 spiro atoms. The van der Waals surface area contributed by atoms with Gasteiger partial charge in [0.15, 0.2) is 0 Å². The number of nitrogens with two attached hydrogens (primary N) is 1. The minimum absolute atomic E-state index is 0.157. The van der Waals surface area contributed by atoms with Crippen molar-refractivity contribution in [1.29, 1.82) is 0 Å². The topological polar surface area (TPSA) is 89.9 Å². The molecule has 2 N–H and O–H groups in total. The molecule has 0 radical (unpaired) electrons. The molecule has 1 atom stereocenters. The van der Waals surface area contributed by atoms with Crippen molar-refractivity contribution in [3.05, 3.63) is 59.3 Å². The monoisotopic (exact) mass is 392 g/mol. The van der Waals surface area contributed by atoms with Gasteiger partial charge in [-0.1, -0.05) is 0 Å². The number of nitrogen functional groups attached to an aromatic ring is 1. The van der Waals surface area contributed by atoms with E-state index in [0.29, 0.717) is 22.6 Å². The minimum atomic E-state index is -0.410. The van der Waals surface area contributed by atoms with E-state index >= 15 is 0 Å². The van der Waals surface area contributed by atoms with Gasteiger partial charge in [0.2, 0.25) is 0 Å². The third kappa shape index (κ3) is 3.06. The van der Waals surface area contributed by atoms with Gasteiger partial charge >= 0.3 is 0 Å². The molecule has 0 saturated carbocycles. The highest BCUT2D eigenvalue weighted by molar-refractivity contribution is 6.10. The molecule has 0 fully saturated rings. The third-order valence-corrected chi connectivity index (χ3v) is 5.36. The van der Waals surface area contributed by atoms with Crippen LogP contribution < -0.4 is 5.73 Å². The Balaban J connectivity index is 1.80. The van der Waals surface area contributed by atoms with Crippen molar-refractivity contribution in [3.63, 3.8) is 0 Å². The Morgan fingerprint density at radius 1 is 1.24 bits per heavy atom. The summed E-state index contributed by atoms with van der Waals surface area (Å²) in [6, 6.07) is 6.31. The number of aryl methyl sites for hydroxylation is 2. The number of benzene rings is 1. The molecule has 1 unspecified atom stereocenters. The minimum Gasteiger partial charge on any atom is -0.383 e. The summed E-state index contributed by atoms with van der Waals surface area (Å²) in [5, 5.41) is 5.84. The Hall–Kier alpha value is -3.55. The standard InChI is InChI=1S/C21H21FN6O/c1-11-7-18-15(19-16(20(23)26-18)10-25-28(19)4)8-14(11)21(29)27(3)12(2)17-6-5-13(22)9-24-17/h5-10,12H,1-4H3,(H2,23,26). The Bertz CT molecular complexity index is 1250. The van der Waals surface area contributed by atoms with Crippen LogP contribution in [0.25, 0.3) is 21.8 Å². The van der Waals surface area contributed by atoms with E-state index in [1.165, 1.54) is 6.07 Å². The summed E-state index contributed by atoms with van der Waals surface area (Å²) < 4.78 is 14.9. The Kier molecular flexibility index (Phi) is 4.41. The molecule has 1 aromatic carbocycles. The molecule has 148 valence electrons. The van der Waals surface area contributed by atoms with E-state index in [2.05, 4.69) is 15.1 Å². The van der Waals surface area contributed by atoms with Crippen molar-refractivity contribution in [2.45, 2.75) is 19.9 Å². The first-order chi connectivity index (χ1) is 13.8. The first kappa shape index (κ1) is 18.8. The first-order valence-corrected chi connectivity index (χ1v) is 9.18. The Morgan fingerprint density at radius 3 is 2.69 bits per heavy atom. The predicted molar refractivity (Wildman–Crippen MR) is 110 cm³/mol. The number of aromatic nitrogens is 4. The van der Waals surface area contributed by atoms with Crippen molar-refractivity contribution >= 4 is 33.5 Å². The lowest BCUT2D eigenvalue weighted by Crippen LogP contribution is -2.30. The number of anilines is 1. The largest absolute Gasteiger partial charge is 0.383 e. The van der Waals surface area contributed by atoms with Gasteiger partial charge in [-0.05, 0) is 43.7 Å². The molecule has 4 aromatic rings. The van der Waals surface area contributed by atoms with Crippen molar-refractivity contribution in [3.8, 4) is 0 Å². The van der Waals surface area contributed by atoms with Gasteiger partial charge in [0.05, 0.1) is 40.5 Å². The fourth-order valence-corrected chi connectivity index (χ4v) is 3.54. The fourth-order valence-electron chi connectivity index (χ4n) is 3.54. The quantitative estimate of drug-likeness (QED) is 0.577. The first-order valence-electron chi connectivity index (χ1n) is 9.18. The zero-order valence-electron chi connectivity index (χ0n) is 16.6. The van der Waals surface area contributed by atoms with E-state index in [9.17, 15) is 9.18 Å². The molecule has 0 saturated heterocycles. The number of halogens is 1. The SMILES string of the molecule is Cc1cc2nc(N)c3cnn(C)c3c2cc1C(=O)N(C)C(C)c1ccc(F)cn1. The lowest BCUT2D eigenvalue weighted by Gasteiger charge is -2.25. The highest BCUT2D eigenvalue weighted by Gasteiger charge is 2.23. The predicted octanol–water partition coefficient (Wildman–Crippen LogP) is 3.38. The normalized spacial score (nSPS) is 12.4. The van der Waals surface area contributed by atoms with Crippen LogP contribution in [0.4, 0.5) is 10.2 Å². The van der Waals surface area contributed by atoms with Gasteiger partial charge in [-0.25, -0.2) is 9.37 Å². The van der Waals surface area contributed by atoms with Gasteiger partial charge in [0.1, 0.15) is 11.6 Å². The lowest BCUT2D eigenvalue weighted by molar-refractivity contribution is 0.0739. The zero-order valence-corrected chi connectivity index (χ0v) is 16.6. The molecular formula is C21H21FN6O. The molecule has 0 aliphatic rings. The summed E-state index contributed by atoms with van der Waals surface area (Å²) in [4.78, 5) is 23.4. The van der Waals surface area contributed by atoms with Gasteiger partial charge < -0.3 is 10.6 Å². The van der Waals surface area contributed by atoms with Crippen molar-refractivity contribution in [1.82, 2.24) is 24.6 Å². The summed E-state index contributed by atoms with van der Waals surface area (Å²) in [7, 11) is 3.54. The average molecular weight is 392 g/mol. The van der Waals surface area contributed by atoms with Gasteiger partial charge in [-0.2, -0.15) is 5.10 Å². The molecule has 8 heteroatoms. The summed E-state index contributed by atoms with van der Waals surface area (Å²) in [5.74, 6) is -0.158. The van der Waals surface area contributed by atoms with Crippen LogP contribution in [0.3, 0.4) is 0 Å². The van der Waals surface area contributed by atoms with E-state index in [4.69, 9.17) is 5.73 Å². The van der Waals surface area contributed by atoms with Crippen LogP contribution in [0.5, 0.6) is 0 Å². The molecule has 0 aliphatic carbocycles. The average Bonchev–Trinajstić information content (AvgIpc) is 3.09. The molecule has 29 heavy (non-hydrogen) atoms. The number of carbonyl (C=O) groups is 1. The number of nitrogens with zero attached hydrogens (tertiary/aromatic N) is 5. The van der Waals surface area contributed by atoms with E-state index in [-0.39, 0.29) is 11.9 Å². The molecule has 7 nitrogen and oxygen atoms in total. The highest BCUT2D eigenvalue weighted by atomic mass is 19.1. The summed E-state index contributed by atoms with van der Waals surface area (Å²) >= 11 is 0. The summed E-state index contributed by atoms with van der Waals surface area (Å²) in [5.41, 5.74) is 9.58. The van der Waals surface area contributed by atoms with Crippen LogP contribution in [-0.4, -0.2) is 37.6 Å². The van der Waals surface area contributed by atoms with E-state index < -0.39 is 5.82 Å². The third-order valence-electron chi connectivity index (χ3n) is 5.36. The van der Waals surface area contributed by atoms with E-state index in [0.717, 1.165) is 28.0 Å². The van der Waals surface area contributed by atoms with Gasteiger partial charge in [0.25, 0.3) is 5.91 Å². The van der Waals surface area contributed by atoms with E-state index in [1.54, 1.807) is 28.9 Å². The second-order valence-electron chi connectivity index (χ2n) is 7.21. The number of hydrogen-bond donors (Lipinski definition) is 1. The smallest absolute Gasteiger partial charge is 0.254 e. The van der Waals surface area contributed by atoms with Gasteiger partial charge in [-0.15, -0.1) is 0 Å². The highest BCUT2D eigenvalue weighted by Crippen LogP contribution is 2.30. The fraction of sp³-hybridized carbons (Fsp3) is 0.238. The van der Waals surface area contributed by atoms with Crippen LogP contribution in [0.1, 0.15) is 34.6 Å². The van der Waals surface area contributed by atoms with Crippen LogP contribution in [0, 0.1) is 12.7 Å². The number of pyridine rings is 2. The maximum absolute atomic E-state index is 13.3. The Morgan fingerprint density at radius 2 is 2.00 bits per heavy atom. The Labute approximate surface area is 167 Å². The maximum atomic E-state index is 13.3. The lowest BCUT2D eigenvalue weighted by atomic mass is 10.0. The molecule has 1 amide bonds. The second-order valence-corrected chi connectivity index (χ2v) is 7.21.